The van der Waals surface area contributed by atoms with Crippen molar-refractivity contribution in [3.63, 3.8) is 0 Å². The lowest BCUT2D eigenvalue weighted by molar-refractivity contribution is 0.425. The summed E-state index contributed by atoms with van der Waals surface area (Å²) in [6.45, 7) is 0. The minimum Gasteiger partial charge on any atom is -0.507 e. The fourth-order valence-corrected chi connectivity index (χ4v) is 3.79. The van der Waals surface area contributed by atoms with Crippen LogP contribution in [0.25, 0.3) is 17.3 Å². The Morgan fingerprint density at radius 2 is 1.85 bits per heavy atom. The van der Waals surface area contributed by atoms with Crippen molar-refractivity contribution in [2.24, 2.45) is 0 Å². The Morgan fingerprint density at radius 3 is 2.44 bits per heavy atom. The number of aromatic hydroxyl groups is 1. The van der Waals surface area contributed by atoms with E-state index in [1.165, 1.54) is 44.2 Å². The van der Waals surface area contributed by atoms with Gasteiger partial charge in [-0.25, -0.2) is 8.42 Å². The van der Waals surface area contributed by atoms with Gasteiger partial charge < -0.3 is 10.0 Å². The van der Waals surface area contributed by atoms with Gasteiger partial charge in [-0.3, -0.25) is 0 Å². The van der Waals surface area contributed by atoms with Crippen LogP contribution in [0, 0.1) is 0 Å². The molecule has 1 aromatic carbocycles. The Morgan fingerprint density at radius 1 is 1.11 bits per heavy atom. The van der Waals surface area contributed by atoms with Gasteiger partial charge in [0, 0.05) is 30.3 Å². The van der Waals surface area contributed by atoms with Gasteiger partial charge in [0.15, 0.2) is 15.7 Å². The van der Waals surface area contributed by atoms with Crippen molar-refractivity contribution >= 4 is 21.7 Å². The van der Waals surface area contributed by atoms with E-state index in [9.17, 15) is 13.5 Å². The van der Waals surface area contributed by atoms with E-state index >= 15 is 0 Å². The first-order valence-electron chi connectivity index (χ1n) is 9.11. The molecular formula is C20H25N3O3S. The zero-order valence-corrected chi connectivity index (χ0v) is 16.5. The normalized spacial score (nSPS) is 15.9. The molecule has 1 aromatic heterocycles. The van der Waals surface area contributed by atoms with Crippen molar-refractivity contribution in [3.05, 3.63) is 41.3 Å². The molecule has 2 aromatic rings. The van der Waals surface area contributed by atoms with Crippen molar-refractivity contribution in [1.29, 1.82) is 0 Å². The first-order chi connectivity index (χ1) is 12.8. The molecule has 1 N–H and O–H groups in total. The molecule has 3 rings (SSSR count). The van der Waals surface area contributed by atoms with Gasteiger partial charge in [0.05, 0.1) is 5.69 Å². The number of hydrogen-bond acceptors (Lipinski definition) is 6. The van der Waals surface area contributed by atoms with Crippen LogP contribution < -0.4 is 4.90 Å². The van der Waals surface area contributed by atoms with Crippen LogP contribution in [0.3, 0.4) is 0 Å². The molecule has 0 bridgehead atoms. The number of aromatic nitrogens is 2. The van der Waals surface area contributed by atoms with Gasteiger partial charge in [-0.1, -0.05) is 25.3 Å². The third kappa shape index (κ3) is 5.07. The van der Waals surface area contributed by atoms with Gasteiger partial charge in [-0.15, -0.1) is 10.2 Å². The summed E-state index contributed by atoms with van der Waals surface area (Å²) in [5.41, 5.74) is 1.74. The van der Waals surface area contributed by atoms with Crippen molar-refractivity contribution in [1.82, 2.24) is 10.2 Å². The second kappa shape index (κ2) is 8.08. The van der Waals surface area contributed by atoms with Gasteiger partial charge in [0.2, 0.25) is 0 Å². The summed E-state index contributed by atoms with van der Waals surface area (Å²) in [7, 11) is -1.15. The summed E-state index contributed by atoms with van der Waals surface area (Å²) in [6.07, 6.45) is 8.77. The first kappa shape index (κ1) is 19.4. The van der Waals surface area contributed by atoms with E-state index in [1.807, 2.05) is 12.1 Å². The molecular weight excluding hydrogens is 362 g/mol. The lowest BCUT2D eigenvalue weighted by Crippen LogP contribution is -2.34. The molecule has 0 spiro atoms. The van der Waals surface area contributed by atoms with Crippen LogP contribution in [0.15, 0.2) is 35.7 Å². The van der Waals surface area contributed by atoms with E-state index < -0.39 is 9.84 Å². The van der Waals surface area contributed by atoms with Crippen molar-refractivity contribution in [2.45, 2.75) is 38.1 Å². The molecule has 144 valence electrons. The highest BCUT2D eigenvalue weighted by atomic mass is 32.2. The van der Waals surface area contributed by atoms with E-state index in [1.54, 1.807) is 12.1 Å². The Labute approximate surface area is 160 Å². The van der Waals surface area contributed by atoms with Crippen LogP contribution in [0.4, 0.5) is 5.82 Å². The Balaban J connectivity index is 1.77. The molecule has 1 heterocycles. The zero-order valence-electron chi connectivity index (χ0n) is 15.7. The van der Waals surface area contributed by atoms with Gasteiger partial charge in [-0.2, -0.15) is 0 Å². The third-order valence-electron chi connectivity index (χ3n) is 4.94. The van der Waals surface area contributed by atoms with Crippen LogP contribution in [0.1, 0.15) is 37.7 Å². The largest absolute Gasteiger partial charge is 0.507 e. The number of nitrogens with zero attached hydrogens (tertiary/aromatic N) is 3. The summed E-state index contributed by atoms with van der Waals surface area (Å²) >= 11 is 0. The second-order valence-electron chi connectivity index (χ2n) is 7.09. The quantitative estimate of drug-likeness (QED) is 0.843. The van der Waals surface area contributed by atoms with Crippen LogP contribution in [0.5, 0.6) is 5.75 Å². The molecule has 0 radical (unpaired) electrons. The summed E-state index contributed by atoms with van der Waals surface area (Å²) in [5.74, 6) is 0.867. The van der Waals surface area contributed by atoms with E-state index in [4.69, 9.17) is 0 Å². The molecule has 1 aliphatic rings. The molecule has 0 atom stereocenters. The number of phenols is 1. The van der Waals surface area contributed by atoms with Gasteiger partial charge in [0.1, 0.15) is 5.75 Å². The fraction of sp³-hybridized carbons (Fsp3) is 0.400. The molecule has 1 saturated carbocycles. The average molecular weight is 388 g/mol. The van der Waals surface area contributed by atoms with Crippen LogP contribution in [-0.2, 0) is 9.84 Å². The number of anilines is 1. The number of phenolic OH excluding ortho intramolecular Hbond substituents is 1. The van der Waals surface area contributed by atoms with Crippen LogP contribution in [0.2, 0.25) is 0 Å². The van der Waals surface area contributed by atoms with E-state index in [-0.39, 0.29) is 5.75 Å². The van der Waals surface area contributed by atoms with Crippen molar-refractivity contribution in [2.75, 3.05) is 18.2 Å². The summed E-state index contributed by atoms with van der Waals surface area (Å²) in [5, 5.41) is 20.0. The summed E-state index contributed by atoms with van der Waals surface area (Å²) < 4.78 is 22.4. The monoisotopic (exact) mass is 387 g/mol. The topological polar surface area (TPSA) is 83.4 Å². The van der Waals surface area contributed by atoms with Crippen molar-refractivity contribution < 1.29 is 13.5 Å². The highest BCUT2D eigenvalue weighted by Gasteiger charge is 2.19. The lowest BCUT2D eigenvalue weighted by Gasteiger charge is -2.31. The molecule has 7 heteroatoms. The van der Waals surface area contributed by atoms with E-state index in [0.717, 1.165) is 17.5 Å². The SMILES string of the molecule is CN(c1ccc(-c2ccc(/C=C/S(C)(=O)=O)cc2O)nn1)C1CCCCC1. The minimum absolute atomic E-state index is 0.0355. The molecule has 0 saturated heterocycles. The van der Waals surface area contributed by atoms with Gasteiger partial charge >= 0.3 is 0 Å². The molecule has 1 aliphatic carbocycles. The van der Waals surface area contributed by atoms with Crippen molar-refractivity contribution in [3.8, 4) is 17.0 Å². The fourth-order valence-electron chi connectivity index (χ4n) is 3.38. The maximum Gasteiger partial charge on any atom is 0.168 e. The van der Waals surface area contributed by atoms with Gasteiger partial charge in [-0.05, 0) is 48.7 Å². The van der Waals surface area contributed by atoms with Crippen LogP contribution >= 0.6 is 0 Å². The Bertz CT molecular complexity index is 918. The molecule has 1 fully saturated rings. The molecule has 27 heavy (non-hydrogen) atoms. The predicted molar refractivity (Wildman–Crippen MR) is 108 cm³/mol. The smallest absolute Gasteiger partial charge is 0.168 e. The average Bonchev–Trinajstić information content (AvgIpc) is 2.66. The number of sulfone groups is 1. The maximum absolute atomic E-state index is 11.2. The first-order valence-corrected chi connectivity index (χ1v) is 11.1. The molecule has 0 unspecified atom stereocenters. The molecule has 6 nitrogen and oxygen atoms in total. The standard InChI is InChI=1S/C20H25N3O3S/c1-23(16-6-4-3-5-7-16)20-11-10-18(21-22-20)17-9-8-15(14-19(17)24)12-13-27(2,25)26/h8-14,16,24H,3-7H2,1-2H3/b13-12+. The maximum atomic E-state index is 11.2. The Hall–Kier alpha value is -2.41. The second-order valence-corrected chi connectivity index (χ2v) is 9.02. The molecule has 0 aliphatic heterocycles. The Kier molecular flexibility index (Phi) is 5.79. The number of benzene rings is 1. The van der Waals surface area contributed by atoms with Gasteiger partial charge in [0.25, 0.3) is 0 Å². The lowest BCUT2D eigenvalue weighted by atomic mass is 9.94. The number of rotatable bonds is 5. The van der Waals surface area contributed by atoms with E-state index in [0.29, 0.717) is 22.9 Å². The predicted octanol–water partition coefficient (Wildman–Crippen LogP) is 3.63. The van der Waals surface area contributed by atoms with E-state index in [2.05, 4.69) is 22.1 Å². The molecule has 0 amide bonds. The third-order valence-corrected chi connectivity index (χ3v) is 5.57. The highest BCUT2D eigenvalue weighted by Crippen LogP contribution is 2.30. The highest BCUT2D eigenvalue weighted by molar-refractivity contribution is 7.93. The minimum atomic E-state index is -3.21. The summed E-state index contributed by atoms with van der Waals surface area (Å²) in [6, 6.07) is 9.25. The zero-order chi connectivity index (χ0) is 19.4. The number of hydrogen-bond donors (Lipinski definition) is 1. The summed E-state index contributed by atoms with van der Waals surface area (Å²) in [4.78, 5) is 2.19. The van der Waals surface area contributed by atoms with Crippen LogP contribution in [-0.4, -0.2) is 43.1 Å².